The molecule has 0 atom stereocenters. The molecule has 0 radical (unpaired) electrons. The summed E-state index contributed by atoms with van der Waals surface area (Å²) in [6.07, 6.45) is 7.03. The van der Waals surface area contributed by atoms with E-state index in [9.17, 15) is 9.59 Å². The summed E-state index contributed by atoms with van der Waals surface area (Å²) in [7, 11) is 0. The summed E-state index contributed by atoms with van der Waals surface area (Å²) in [6, 6.07) is 5.18. The van der Waals surface area contributed by atoms with Gasteiger partial charge in [-0.1, -0.05) is 53.4 Å². The van der Waals surface area contributed by atoms with E-state index in [0.717, 1.165) is 63.5 Å². The summed E-state index contributed by atoms with van der Waals surface area (Å²) in [5.74, 6) is -1.97. The summed E-state index contributed by atoms with van der Waals surface area (Å²) in [4.78, 5) is 39.1. The summed E-state index contributed by atoms with van der Waals surface area (Å²) in [6.45, 7) is 10.4. The van der Waals surface area contributed by atoms with Crippen LogP contribution in [0.5, 0.6) is 0 Å². The van der Waals surface area contributed by atoms with E-state index in [0.29, 0.717) is 26.2 Å². The van der Waals surface area contributed by atoms with Crippen molar-refractivity contribution in [3.8, 4) is 0 Å². The molecule has 3 rings (SSSR count). The van der Waals surface area contributed by atoms with Gasteiger partial charge in [0.15, 0.2) is 0 Å². The van der Waals surface area contributed by atoms with Crippen LogP contribution in [0, 0.1) is 11.6 Å². The molecule has 0 spiro atoms. The Bertz CT molecular complexity index is 1150. The molecule has 0 saturated carbocycles. The highest BCUT2D eigenvalue weighted by Gasteiger charge is 2.23. The summed E-state index contributed by atoms with van der Waals surface area (Å²) in [5.41, 5.74) is 0.0836. The third-order valence-corrected chi connectivity index (χ3v) is 6.80. The fourth-order valence-electron chi connectivity index (χ4n) is 4.46. The number of benzene rings is 1. The number of fused-ring (bicyclic) bond motifs is 3. The van der Waals surface area contributed by atoms with Crippen LogP contribution in [0.25, 0.3) is 21.8 Å². The van der Waals surface area contributed by atoms with Crippen LogP contribution < -0.4 is 0 Å². The zero-order valence-corrected chi connectivity index (χ0v) is 23.2. The molecule has 0 saturated heterocycles. The van der Waals surface area contributed by atoms with Crippen LogP contribution in [0.1, 0.15) is 100 Å². The SMILES string of the molecule is CCCCN(CCCC)C(=O)c1cc(F)c2ccc3c(F)cc(C(=O)N(CCCC)CCCC)nc3c2n1. The number of carbonyl (C=O) groups is 2. The number of carbonyl (C=O) groups excluding carboxylic acids is 2. The molecule has 2 heterocycles. The smallest absolute Gasteiger partial charge is 0.272 e. The normalized spacial score (nSPS) is 11.3. The molecule has 0 aliphatic heterocycles. The monoisotopic (exact) mass is 526 g/mol. The molecule has 38 heavy (non-hydrogen) atoms. The Balaban J connectivity index is 2.11. The average Bonchev–Trinajstić information content (AvgIpc) is 2.92. The Hall–Kier alpha value is -3.16. The Kier molecular flexibility index (Phi) is 10.9. The van der Waals surface area contributed by atoms with Gasteiger partial charge in [0.2, 0.25) is 0 Å². The molecule has 3 aromatic rings. The highest BCUT2D eigenvalue weighted by Crippen LogP contribution is 2.28. The standard InChI is InChI=1S/C30H40F2N4O2/c1-5-9-15-35(16-10-6-2)29(37)25-19-23(31)21-13-14-22-24(32)20-26(34-28(22)27(21)33-25)30(38)36(17-11-7-3)18-12-8-4/h13-14,19-20H,5-12,15-18H2,1-4H3. The van der Waals surface area contributed by atoms with Gasteiger partial charge in [0.1, 0.15) is 34.1 Å². The van der Waals surface area contributed by atoms with E-state index in [2.05, 4.69) is 9.97 Å². The van der Waals surface area contributed by atoms with E-state index in [1.54, 1.807) is 9.80 Å². The summed E-state index contributed by atoms with van der Waals surface area (Å²) < 4.78 is 30.5. The molecule has 0 unspecified atom stereocenters. The molecule has 0 aliphatic rings. The molecule has 2 aromatic heterocycles. The minimum Gasteiger partial charge on any atom is -0.337 e. The van der Waals surface area contributed by atoms with Crippen LogP contribution in [0.4, 0.5) is 8.78 Å². The van der Waals surface area contributed by atoms with Crippen molar-refractivity contribution in [2.75, 3.05) is 26.2 Å². The van der Waals surface area contributed by atoms with Gasteiger partial charge in [0.05, 0.1) is 0 Å². The lowest BCUT2D eigenvalue weighted by molar-refractivity contribution is 0.0737. The second kappa shape index (κ2) is 14.1. The first-order chi connectivity index (χ1) is 18.4. The number of amides is 2. The number of hydrogen-bond donors (Lipinski definition) is 0. The van der Waals surface area contributed by atoms with Gasteiger partial charge in [-0.2, -0.15) is 0 Å². The second-order valence-electron chi connectivity index (χ2n) is 9.84. The molecular weight excluding hydrogens is 486 g/mol. The quantitative estimate of drug-likeness (QED) is 0.209. The predicted molar refractivity (Wildman–Crippen MR) is 148 cm³/mol. The Labute approximate surface area is 224 Å². The molecular formula is C30H40F2N4O2. The molecule has 1 aromatic carbocycles. The zero-order chi connectivity index (χ0) is 27.7. The van der Waals surface area contributed by atoms with Crippen molar-refractivity contribution in [2.24, 2.45) is 0 Å². The number of pyridine rings is 2. The molecule has 206 valence electrons. The molecule has 6 nitrogen and oxygen atoms in total. The van der Waals surface area contributed by atoms with Crippen molar-refractivity contribution in [2.45, 2.75) is 79.1 Å². The van der Waals surface area contributed by atoms with Crippen molar-refractivity contribution in [3.05, 3.63) is 47.3 Å². The summed E-state index contributed by atoms with van der Waals surface area (Å²) >= 11 is 0. The van der Waals surface area contributed by atoms with Gasteiger partial charge >= 0.3 is 0 Å². The maximum absolute atomic E-state index is 15.3. The van der Waals surface area contributed by atoms with Crippen molar-refractivity contribution < 1.29 is 18.4 Å². The molecule has 0 bridgehead atoms. The van der Waals surface area contributed by atoms with Crippen LogP contribution in [-0.2, 0) is 0 Å². The first-order valence-corrected chi connectivity index (χ1v) is 14.0. The van der Waals surface area contributed by atoms with E-state index in [4.69, 9.17) is 0 Å². The topological polar surface area (TPSA) is 66.4 Å². The zero-order valence-electron chi connectivity index (χ0n) is 23.2. The van der Waals surface area contributed by atoms with E-state index in [-0.39, 0.29) is 45.0 Å². The first-order valence-electron chi connectivity index (χ1n) is 14.0. The third-order valence-electron chi connectivity index (χ3n) is 6.80. The van der Waals surface area contributed by atoms with Crippen molar-refractivity contribution in [1.29, 1.82) is 0 Å². The van der Waals surface area contributed by atoms with Crippen LogP contribution in [0.3, 0.4) is 0 Å². The van der Waals surface area contributed by atoms with Crippen LogP contribution in [-0.4, -0.2) is 57.8 Å². The van der Waals surface area contributed by atoms with E-state index < -0.39 is 11.6 Å². The first kappa shape index (κ1) is 29.4. The molecule has 0 N–H and O–H groups in total. The number of halogens is 2. The Morgan fingerprint density at radius 3 is 1.24 bits per heavy atom. The van der Waals surface area contributed by atoms with Gasteiger partial charge in [-0.05, 0) is 37.8 Å². The highest BCUT2D eigenvalue weighted by atomic mass is 19.1. The number of rotatable bonds is 14. The maximum atomic E-state index is 15.3. The number of aromatic nitrogens is 2. The van der Waals surface area contributed by atoms with E-state index in [1.165, 1.54) is 12.1 Å². The molecule has 0 aliphatic carbocycles. The van der Waals surface area contributed by atoms with Crippen LogP contribution in [0.2, 0.25) is 0 Å². The maximum Gasteiger partial charge on any atom is 0.272 e. The fourth-order valence-corrected chi connectivity index (χ4v) is 4.46. The number of unbranched alkanes of at least 4 members (excludes halogenated alkanes) is 4. The summed E-state index contributed by atoms with van der Waals surface area (Å²) in [5, 5.41) is 0.265. The predicted octanol–water partition coefficient (Wildman–Crippen LogP) is 7.15. The third kappa shape index (κ3) is 6.83. The van der Waals surface area contributed by atoms with Gasteiger partial charge < -0.3 is 9.80 Å². The Morgan fingerprint density at radius 2 is 0.947 bits per heavy atom. The lowest BCUT2D eigenvalue weighted by Gasteiger charge is -2.23. The molecule has 2 amide bonds. The van der Waals surface area contributed by atoms with Crippen LogP contribution >= 0.6 is 0 Å². The highest BCUT2D eigenvalue weighted by molar-refractivity contribution is 6.06. The van der Waals surface area contributed by atoms with E-state index >= 15 is 8.78 Å². The van der Waals surface area contributed by atoms with Crippen LogP contribution in [0.15, 0.2) is 24.3 Å². The van der Waals surface area contributed by atoms with Crippen molar-refractivity contribution in [1.82, 2.24) is 19.8 Å². The van der Waals surface area contributed by atoms with Gasteiger partial charge in [0, 0.05) is 49.1 Å². The van der Waals surface area contributed by atoms with Crippen molar-refractivity contribution in [3.63, 3.8) is 0 Å². The minimum absolute atomic E-state index is 0.0406. The lowest BCUT2D eigenvalue weighted by atomic mass is 10.1. The van der Waals surface area contributed by atoms with Gasteiger partial charge in [0.25, 0.3) is 11.8 Å². The second-order valence-corrected chi connectivity index (χ2v) is 9.84. The number of hydrogen-bond acceptors (Lipinski definition) is 4. The Morgan fingerprint density at radius 1 is 0.632 bits per heavy atom. The minimum atomic E-state index is -0.627. The van der Waals surface area contributed by atoms with E-state index in [1.807, 2.05) is 27.7 Å². The van der Waals surface area contributed by atoms with Gasteiger partial charge in [-0.15, -0.1) is 0 Å². The van der Waals surface area contributed by atoms with Crippen molar-refractivity contribution >= 4 is 33.6 Å². The van der Waals surface area contributed by atoms with Gasteiger partial charge in [-0.25, -0.2) is 18.7 Å². The fraction of sp³-hybridized carbons (Fsp3) is 0.533. The van der Waals surface area contributed by atoms with Gasteiger partial charge in [-0.3, -0.25) is 9.59 Å². The lowest BCUT2D eigenvalue weighted by Crippen LogP contribution is -2.34. The molecule has 8 heteroatoms. The largest absolute Gasteiger partial charge is 0.337 e. The average molecular weight is 527 g/mol. The molecule has 0 fully saturated rings. The number of nitrogens with zero attached hydrogens (tertiary/aromatic N) is 4.